The molecule has 0 fully saturated rings. The molecule has 0 heterocycles. The number of rotatable bonds is 5. The van der Waals surface area contributed by atoms with Gasteiger partial charge in [0.1, 0.15) is 0 Å². The second kappa shape index (κ2) is 16.8. The Labute approximate surface area is 174 Å². The Bertz CT molecular complexity index is 691. The highest BCUT2D eigenvalue weighted by molar-refractivity contribution is 5.32. The highest BCUT2D eigenvalue weighted by Crippen LogP contribution is 2.14. The van der Waals surface area contributed by atoms with E-state index in [0.717, 1.165) is 19.3 Å². The Kier molecular flexibility index (Phi) is 15.4. The molecule has 0 nitrogen and oxygen atoms in total. The van der Waals surface area contributed by atoms with Crippen LogP contribution in [0.1, 0.15) is 76.3 Å². The summed E-state index contributed by atoms with van der Waals surface area (Å²) in [6, 6.07) is 28.6. The topological polar surface area (TPSA) is 0 Å². The van der Waals surface area contributed by atoms with Crippen molar-refractivity contribution in [3.05, 3.63) is 107 Å². The minimum atomic E-state index is 1.01. The van der Waals surface area contributed by atoms with Crippen LogP contribution < -0.4 is 0 Å². The highest BCUT2D eigenvalue weighted by Gasteiger charge is 1.99. The Morgan fingerprint density at radius 3 is 1.00 bits per heavy atom. The van der Waals surface area contributed by atoms with Gasteiger partial charge >= 0.3 is 0 Å². The molecule has 3 aromatic rings. The summed E-state index contributed by atoms with van der Waals surface area (Å²) in [5.74, 6) is 0. The SMILES string of the molecule is CC.CC.CC.CCc1ccc(Cc2ccc(Cc3ccccc3)cc2)cc1. The van der Waals surface area contributed by atoms with Crippen LogP contribution in [-0.4, -0.2) is 0 Å². The second-order valence-corrected chi connectivity index (χ2v) is 5.83. The maximum absolute atomic E-state index is 2.26. The zero-order valence-electron chi connectivity index (χ0n) is 19.1. The maximum Gasteiger partial charge on any atom is -0.00258 e. The van der Waals surface area contributed by atoms with Crippen LogP contribution >= 0.6 is 0 Å². The summed E-state index contributed by atoms with van der Waals surface area (Å²) in [7, 11) is 0. The van der Waals surface area contributed by atoms with Gasteiger partial charge in [-0.05, 0) is 47.1 Å². The fourth-order valence-electron chi connectivity index (χ4n) is 2.74. The van der Waals surface area contributed by atoms with Gasteiger partial charge in [0.25, 0.3) is 0 Å². The zero-order valence-corrected chi connectivity index (χ0v) is 19.1. The predicted octanol–water partition coefficient (Wildman–Crippen LogP) is 8.51. The lowest BCUT2D eigenvalue weighted by Gasteiger charge is -2.06. The van der Waals surface area contributed by atoms with Gasteiger partial charge in [-0.1, -0.05) is 127 Å². The van der Waals surface area contributed by atoms with Gasteiger partial charge in [0, 0.05) is 0 Å². The molecule has 0 spiro atoms. The Morgan fingerprint density at radius 1 is 0.393 bits per heavy atom. The molecule has 0 radical (unpaired) electrons. The van der Waals surface area contributed by atoms with Crippen molar-refractivity contribution in [1.29, 1.82) is 0 Å². The van der Waals surface area contributed by atoms with Crippen molar-refractivity contribution in [3.8, 4) is 0 Å². The monoisotopic (exact) mass is 376 g/mol. The molecular formula is C28H40. The van der Waals surface area contributed by atoms with Crippen LogP contribution in [0.2, 0.25) is 0 Å². The van der Waals surface area contributed by atoms with E-state index in [9.17, 15) is 0 Å². The second-order valence-electron chi connectivity index (χ2n) is 5.83. The first-order valence-electron chi connectivity index (χ1n) is 11.0. The van der Waals surface area contributed by atoms with Crippen LogP contribution in [0.5, 0.6) is 0 Å². The average molecular weight is 377 g/mol. The summed E-state index contributed by atoms with van der Waals surface area (Å²) >= 11 is 0. The lowest BCUT2D eigenvalue weighted by Crippen LogP contribution is -1.91. The smallest absolute Gasteiger partial charge is 0.00258 e. The first-order valence-corrected chi connectivity index (χ1v) is 11.0. The van der Waals surface area contributed by atoms with E-state index in [-0.39, 0.29) is 0 Å². The van der Waals surface area contributed by atoms with Crippen LogP contribution in [0.25, 0.3) is 0 Å². The Hall–Kier alpha value is -2.34. The standard InChI is InChI=1S/C22H22.3C2H6/c1-2-18-8-10-20(11-9-18)17-22-14-12-21(13-15-22)16-19-6-4-3-5-7-19;3*1-2/h3-15H,2,16-17H2,1H3;3*1-2H3. The van der Waals surface area contributed by atoms with E-state index < -0.39 is 0 Å². The third-order valence-electron chi connectivity index (χ3n) is 4.11. The van der Waals surface area contributed by atoms with Crippen LogP contribution in [0, 0.1) is 0 Å². The lowest BCUT2D eigenvalue weighted by molar-refractivity contribution is 1.11. The molecule has 0 N–H and O–H groups in total. The average Bonchev–Trinajstić information content (AvgIpc) is 2.80. The number of hydrogen-bond acceptors (Lipinski definition) is 0. The molecule has 0 heteroatoms. The summed E-state index contributed by atoms with van der Waals surface area (Å²) in [6.07, 6.45) is 3.12. The van der Waals surface area contributed by atoms with Crippen molar-refractivity contribution in [2.24, 2.45) is 0 Å². The molecule has 0 saturated heterocycles. The molecule has 0 saturated carbocycles. The van der Waals surface area contributed by atoms with Crippen molar-refractivity contribution in [1.82, 2.24) is 0 Å². The molecule has 3 aromatic carbocycles. The van der Waals surface area contributed by atoms with Crippen molar-refractivity contribution in [2.45, 2.75) is 67.7 Å². The molecule has 0 aliphatic rings. The van der Waals surface area contributed by atoms with Crippen LogP contribution in [0.15, 0.2) is 78.9 Å². The molecule has 3 rings (SSSR count). The van der Waals surface area contributed by atoms with Crippen molar-refractivity contribution in [2.75, 3.05) is 0 Å². The third-order valence-corrected chi connectivity index (χ3v) is 4.11. The number of aryl methyl sites for hydroxylation is 1. The molecule has 0 atom stereocenters. The molecular weight excluding hydrogens is 336 g/mol. The predicted molar refractivity (Wildman–Crippen MR) is 128 cm³/mol. The largest absolute Gasteiger partial charge is 0.0683 e. The summed E-state index contributed by atoms with van der Waals surface area (Å²) in [5.41, 5.74) is 6.90. The van der Waals surface area contributed by atoms with Crippen molar-refractivity contribution in [3.63, 3.8) is 0 Å². The van der Waals surface area contributed by atoms with Gasteiger partial charge in [0.15, 0.2) is 0 Å². The van der Waals surface area contributed by atoms with Gasteiger partial charge in [-0.15, -0.1) is 0 Å². The Morgan fingerprint density at radius 2 is 0.679 bits per heavy atom. The van der Waals surface area contributed by atoms with Gasteiger partial charge < -0.3 is 0 Å². The van der Waals surface area contributed by atoms with Crippen LogP contribution in [0.3, 0.4) is 0 Å². The molecule has 0 bridgehead atoms. The lowest BCUT2D eigenvalue weighted by atomic mass is 9.99. The van der Waals surface area contributed by atoms with Crippen LogP contribution in [-0.2, 0) is 19.3 Å². The van der Waals surface area contributed by atoms with Gasteiger partial charge in [-0.2, -0.15) is 0 Å². The summed E-state index contributed by atoms with van der Waals surface area (Å²) in [4.78, 5) is 0. The molecule has 0 aromatic heterocycles. The van der Waals surface area contributed by atoms with E-state index in [0.29, 0.717) is 0 Å². The van der Waals surface area contributed by atoms with E-state index >= 15 is 0 Å². The molecule has 0 aliphatic carbocycles. The molecule has 0 amide bonds. The third kappa shape index (κ3) is 9.55. The fourth-order valence-corrected chi connectivity index (χ4v) is 2.74. The van der Waals surface area contributed by atoms with E-state index in [1.54, 1.807) is 0 Å². The van der Waals surface area contributed by atoms with Crippen LogP contribution in [0.4, 0.5) is 0 Å². The van der Waals surface area contributed by atoms with Gasteiger partial charge in [0.05, 0.1) is 0 Å². The molecule has 28 heavy (non-hydrogen) atoms. The quantitative estimate of drug-likeness (QED) is 0.418. The molecule has 0 aliphatic heterocycles. The van der Waals surface area contributed by atoms with E-state index in [4.69, 9.17) is 0 Å². The van der Waals surface area contributed by atoms with Crippen molar-refractivity contribution < 1.29 is 0 Å². The summed E-state index contributed by atoms with van der Waals surface area (Å²) in [6.45, 7) is 14.2. The van der Waals surface area contributed by atoms with E-state index in [1.807, 2.05) is 41.5 Å². The maximum atomic E-state index is 2.26. The van der Waals surface area contributed by atoms with E-state index in [2.05, 4.69) is 85.8 Å². The number of hydrogen-bond donors (Lipinski definition) is 0. The van der Waals surface area contributed by atoms with Gasteiger partial charge in [0.2, 0.25) is 0 Å². The molecule has 0 unspecified atom stereocenters. The fraction of sp³-hybridized carbons (Fsp3) is 0.357. The number of benzene rings is 3. The van der Waals surface area contributed by atoms with Crippen molar-refractivity contribution >= 4 is 0 Å². The normalized spacial score (nSPS) is 8.96. The zero-order chi connectivity index (χ0) is 21.2. The Balaban J connectivity index is 0.00000111. The van der Waals surface area contributed by atoms with Gasteiger partial charge in [-0.25, -0.2) is 0 Å². The first kappa shape index (κ1) is 25.7. The minimum absolute atomic E-state index is 1.01. The first-order chi connectivity index (χ1) is 13.8. The highest BCUT2D eigenvalue weighted by atomic mass is 14.0. The van der Waals surface area contributed by atoms with E-state index in [1.165, 1.54) is 27.8 Å². The summed E-state index contributed by atoms with van der Waals surface area (Å²) in [5, 5.41) is 0. The summed E-state index contributed by atoms with van der Waals surface area (Å²) < 4.78 is 0. The molecule has 152 valence electrons. The minimum Gasteiger partial charge on any atom is -0.0683 e. The van der Waals surface area contributed by atoms with Gasteiger partial charge in [-0.3, -0.25) is 0 Å².